The van der Waals surface area contributed by atoms with Crippen LogP contribution in [-0.4, -0.2) is 12.0 Å². The van der Waals surface area contributed by atoms with Crippen LogP contribution in [0.5, 0.6) is 5.75 Å². The summed E-state index contributed by atoms with van der Waals surface area (Å²) in [6.07, 6.45) is 0.734. The molecule has 0 saturated carbocycles. The van der Waals surface area contributed by atoms with Gasteiger partial charge in [-0.2, -0.15) is 0 Å². The zero-order chi connectivity index (χ0) is 14.5. The topological polar surface area (TPSA) is 52.4 Å². The van der Waals surface area contributed by atoms with Crippen LogP contribution in [0.3, 0.4) is 0 Å². The smallest absolute Gasteiger partial charge is 0.310 e. The number of hydrogen-bond acceptors (Lipinski definition) is 3. The lowest BCUT2D eigenvalue weighted by atomic mass is 10.0. The summed E-state index contributed by atoms with van der Waals surface area (Å²) < 4.78 is 5.08. The average Bonchev–Trinajstić information content (AvgIpc) is 2.47. The fourth-order valence-corrected chi connectivity index (χ4v) is 2.67. The van der Waals surface area contributed by atoms with Crippen molar-refractivity contribution >= 4 is 21.6 Å². The molecule has 0 N–H and O–H groups in total. The largest absolute Gasteiger partial charge is 0.490 e. The maximum atomic E-state index is 10.9. The predicted molar refractivity (Wildman–Crippen MR) is 81.5 cm³/mol. The molecule has 5 heteroatoms. The van der Waals surface area contributed by atoms with Gasteiger partial charge in [0.25, 0.3) is 0 Å². The van der Waals surface area contributed by atoms with E-state index in [0.29, 0.717) is 5.75 Å². The number of ether oxygens (including phenoxy) is 1. The predicted octanol–water partition coefficient (Wildman–Crippen LogP) is 4.28. The third kappa shape index (κ3) is 3.36. The molecule has 0 fully saturated rings. The number of rotatable bonds is 5. The van der Waals surface area contributed by atoms with Gasteiger partial charge in [0.15, 0.2) is 5.75 Å². The van der Waals surface area contributed by atoms with Gasteiger partial charge in [0.1, 0.15) is 0 Å². The van der Waals surface area contributed by atoms with Crippen molar-refractivity contribution in [2.75, 3.05) is 7.11 Å². The summed E-state index contributed by atoms with van der Waals surface area (Å²) >= 11 is 3.64. The van der Waals surface area contributed by atoms with E-state index in [0.717, 1.165) is 12.0 Å². The number of hydrogen-bond donors (Lipinski definition) is 0. The average molecular weight is 336 g/mol. The molecule has 2 aromatic carbocycles. The molecule has 0 spiro atoms. The quantitative estimate of drug-likeness (QED) is 0.465. The number of nitrogens with zero attached hydrogens (tertiary/aromatic N) is 1. The number of nitro groups is 1. The molecule has 0 amide bonds. The minimum Gasteiger partial charge on any atom is -0.490 e. The summed E-state index contributed by atoms with van der Waals surface area (Å²) in [6, 6.07) is 15.0. The van der Waals surface area contributed by atoms with Gasteiger partial charge in [0, 0.05) is 10.9 Å². The second-order valence-electron chi connectivity index (χ2n) is 4.35. The monoisotopic (exact) mass is 335 g/mol. The molecule has 2 rings (SSSR count). The summed E-state index contributed by atoms with van der Waals surface area (Å²) in [5, 5.41) is 10.9. The molecule has 0 aliphatic rings. The van der Waals surface area contributed by atoms with Crippen LogP contribution in [0.15, 0.2) is 48.5 Å². The minimum atomic E-state index is -0.439. The van der Waals surface area contributed by atoms with Crippen molar-refractivity contribution in [1.29, 1.82) is 0 Å². The maximum absolute atomic E-state index is 10.9. The first-order chi connectivity index (χ1) is 9.61. The van der Waals surface area contributed by atoms with Crippen molar-refractivity contribution in [2.24, 2.45) is 0 Å². The Morgan fingerprint density at radius 1 is 1.25 bits per heavy atom. The Labute approximate surface area is 125 Å². The minimum absolute atomic E-state index is 0.0120. The molecule has 4 nitrogen and oxygen atoms in total. The van der Waals surface area contributed by atoms with E-state index >= 15 is 0 Å². The fraction of sp³-hybridized carbons (Fsp3) is 0.200. The van der Waals surface area contributed by atoms with Gasteiger partial charge in [0.05, 0.1) is 12.0 Å². The zero-order valence-corrected chi connectivity index (χ0v) is 12.5. The molecule has 0 aliphatic heterocycles. The molecule has 1 atom stereocenters. The first-order valence-corrected chi connectivity index (χ1v) is 7.03. The molecule has 0 bridgehead atoms. The second-order valence-corrected chi connectivity index (χ2v) is 5.45. The van der Waals surface area contributed by atoms with E-state index in [4.69, 9.17) is 4.74 Å². The second kappa shape index (κ2) is 6.52. The highest BCUT2D eigenvalue weighted by Crippen LogP contribution is 2.32. The molecule has 1 unspecified atom stereocenters. The number of nitro benzene ring substituents is 1. The Balaban J connectivity index is 2.20. The van der Waals surface area contributed by atoms with E-state index in [1.54, 1.807) is 12.1 Å². The highest BCUT2D eigenvalue weighted by molar-refractivity contribution is 9.09. The van der Waals surface area contributed by atoms with Crippen molar-refractivity contribution < 1.29 is 9.66 Å². The molecule has 0 aromatic heterocycles. The lowest BCUT2D eigenvalue weighted by molar-refractivity contribution is -0.385. The Bertz CT molecular complexity index is 601. The van der Waals surface area contributed by atoms with E-state index in [1.165, 1.54) is 18.7 Å². The number of methoxy groups -OCH3 is 1. The van der Waals surface area contributed by atoms with Crippen LogP contribution < -0.4 is 4.74 Å². The van der Waals surface area contributed by atoms with E-state index < -0.39 is 4.92 Å². The fourth-order valence-electron chi connectivity index (χ4n) is 1.99. The van der Waals surface area contributed by atoms with E-state index in [2.05, 4.69) is 15.9 Å². The first kappa shape index (κ1) is 14.5. The van der Waals surface area contributed by atoms with Crippen molar-refractivity contribution in [3.05, 3.63) is 69.8 Å². The van der Waals surface area contributed by atoms with Gasteiger partial charge in [-0.15, -0.1) is 0 Å². The third-order valence-electron chi connectivity index (χ3n) is 3.02. The molecule has 0 radical (unpaired) electrons. The standard InChI is InChI=1S/C15H14BrNO3/c1-20-15-10-11(7-8-14(15)17(18)19)9-13(16)12-5-3-2-4-6-12/h2-8,10,13H,9H2,1H3. The Morgan fingerprint density at radius 3 is 2.55 bits per heavy atom. The Kier molecular flexibility index (Phi) is 4.74. The van der Waals surface area contributed by atoms with Gasteiger partial charge < -0.3 is 4.74 Å². The van der Waals surface area contributed by atoms with Crippen LogP contribution in [0.1, 0.15) is 16.0 Å². The molecule has 0 aliphatic carbocycles. The third-order valence-corrected chi connectivity index (χ3v) is 3.87. The lowest BCUT2D eigenvalue weighted by Crippen LogP contribution is -1.98. The summed E-state index contributed by atoms with van der Waals surface area (Å²) in [5.41, 5.74) is 2.14. The molecule has 2 aromatic rings. The van der Waals surface area contributed by atoms with Crippen LogP contribution in [0.25, 0.3) is 0 Å². The van der Waals surface area contributed by atoms with E-state index in [9.17, 15) is 10.1 Å². The van der Waals surface area contributed by atoms with Gasteiger partial charge in [-0.25, -0.2) is 0 Å². The Hall–Kier alpha value is -1.88. The van der Waals surface area contributed by atoms with Crippen LogP contribution >= 0.6 is 15.9 Å². The van der Waals surface area contributed by atoms with Gasteiger partial charge in [0.2, 0.25) is 0 Å². The van der Waals surface area contributed by atoms with Crippen LogP contribution in [-0.2, 0) is 6.42 Å². The summed E-state index contributed by atoms with van der Waals surface area (Å²) in [7, 11) is 1.44. The van der Waals surface area contributed by atoms with Crippen LogP contribution in [0.2, 0.25) is 0 Å². The van der Waals surface area contributed by atoms with Gasteiger partial charge in [-0.1, -0.05) is 52.3 Å². The SMILES string of the molecule is COc1cc(CC(Br)c2ccccc2)ccc1[N+](=O)[O-]. The van der Waals surface area contributed by atoms with Crippen molar-refractivity contribution in [3.63, 3.8) is 0 Å². The summed E-state index contributed by atoms with van der Waals surface area (Å²) in [6.45, 7) is 0. The first-order valence-electron chi connectivity index (χ1n) is 6.12. The van der Waals surface area contributed by atoms with Crippen LogP contribution in [0.4, 0.5) is 5.69 Å². The van der Waals surface area contributed by atoms with Crippen molar-refractivity contribution in [2.45, 2.75) is 11.2 Å². The molecular weight excluding hydrogens is 322 g/mol. The van der Waals surface area contributed by atoms with E-state index in [-0.39, 0.29) is 10.5 Å². The van der Waals surface area contributed by atoms with E-state index in [1.807, 2.05) is 30.3 Å². The molecule has 20 heavy (non-hydrogen) atoms. The molecule has 0 saturated heterocycles. The summed E-state index contributed by atoms with van der Waals surface area (Å²) in [5.74, 6) is 0.292. The molecule has 0 heterocycles. The number of halogens is 1. The number of alkyl halides is 1. The lowest BCUT2D eigenvalue weighted by Gasteiger charge is -2.11. The highest BCUT2D eigenvalue weighted by atomic mass is 79.9. The van der Waals surface area contributed by atoms with Crippen LogP contribution in [0, 0.1) is 10.1 Å². The van der Waals surface area contributed by atoms with Crippen molar-refractivity contribution in [3.8, 4) is 5.75 Å². The molecule has 104 valence electrons. The van der Waals surface area contributed by atoms with Gasteiger partial charge in [-0.05, 0) is 23.6 Å². The zero-order valence-electron chi connectivity index (χ0n) is 11.0. The summed E-state index contributed by atoms with van der Waals surface area (Å²) in [4.78, 5) is 10.6. The normalized spacial score (nSPS) is 11.9. The molecular formula is C15H14BrNO3. The number of benzene rings is 2. The van der Waals surface area contributed by atoms with Crippen molar-refractivity contribution in [1.82, 2.24) is 0 Å². The highest BCUT2D eigenvalue weighted by Gasteiger charge is 2.16. The Morgan fingerprint density at radius 2 is 1.95 bits per heavy atom. The van der Waals surface area contributed by atoms with Gasteiger partial charge in [-0.3, -0.25) is 10.1 Å². The maximum Gasteiger partial charge on any atom is 0.310 e. The van der Waals surface area contributed by atoms with Gasteiger partial charge >= 0.3 is 5.69 Å².